The molecule has 1 spiro atoms. The van der Waals surface area contributed by atoms with Gasteiger partial charge >= 0.3 is 0 Å². The summed E-state index contributed by atoms with van der Waals surface area (Å²) in [6, 6.07) is 3.72. The van der Waals surface area contributed by atoms with Crippen LogP contribution in [0.15, 0.2) is 18.3 Å². The van der Waals surface area contributed by atoms with Gasteiger partial charge in [0.15, 0.2) is 5.65 Å². The highest BCUT2D eigenvalue weighted by molar-refractivity contribution is 6.29. The zero-order chi connectivity index (χ0) is 16.0. The lowest BCUT2D eigenvalue weighted by Crippen LogP contribution is -2.50. The van der Waals surface area contributed by atoms with Crippen LogP contribution in [0.4, 0.5) is 5.82 Å². The van der Waals surface area contributed by atoms with E-state index in [0.717, 1.165) is 43.9 Å². The maximum Gasteiger partial charge on any atom is 0.179 e. The number of halogens is 1. The molecule has 2 aromatic heterocycles. The molecule has 0 aliphatic carbocycles. The normalized spacial score (nSPS) is 27.0. The molecule has 4 rings (SSSR count). The first-order valence-corrected chi connectivity index (χ1v) is 8.37. The van der Waals surface area contributed by atoms with Crippen molar-refractivity contribution in [2.75, 3.05) is 24.6 Å². The maximum atomic E-state index is 6.37. The number of nitrogens with zero attached hydrogens (tertiary/aromatic N) is 4. The molecular formula is C16H20ClN5O. The highest BCUT2D eigenvalue weighted by Crippen LogP contribution is 2.41. The van der Waals surface area contributed by atoms with E-state index in [0.29, 0.717) is 10.8 Å². The summed E-state index contributed by atoms with van der Waals surface area (Å²) < 4.78 is 5.78. The summed E-state index contributed by atoms with van der Waals surface area (Å²) in [5, 5.41) is 0.434. The van der Waals surface area contributed by atoms with Crippen molar-refractivity contribution in [3.63, 3.8) is 0 Å². The minimum atomic E-state index is 0.120. The van der Waals surface area contributed by atoms with Crippen LogP contribution in [0.3, 0.4) is 0 Å². The highest BCUT2D eigenvalue weighted by atomic mass is 35.5. The number of nitrogens with two attached hydrogens (primary N) is 1. The van der Waals surface area contributed by atoms with Gasteiger partial charge in [-0.3, -0.25) is 0 Å². The predicted molar refractivity (Wildman–Crippen MR) is 89.6 cm³/mol. The molecule has 2 saturated heterocycles. The quantitative estimate of drug-likeness (QED) is 0.804. The summed E-state index contributed by atoms with van der Waals surface area (Å²) in [5.74, 6) is 0.886. The van der Waals surface area contributed by atoms with E-state index in [1.165, 1.54) is 0 Å². The molecule has 2 atom stereocenters. The lowest BCUT2D eigenvalue weighted by molar-refractivity contribution is 0.0974. The summed E-state index contributed by atoms with van der Waals surface area (Å²) in [5.41, 5.74) is 7.83. The molecule has 0 saturated carbocycles. The second-order valence-electron chi connectivity index (χ2n) is 6.60. The van der Waals surface area contributed by atoms with Crippen molar-refractivity contribution in [2.24, 2.45) is 11.1 Å². The van der Waals surface area contributed by atoms with Crippen LogP contribution in [-0.4, -0.2) is 46.8 Å². The van der Waals surface area contributed by atoms with Crippen LogP contribution >= 0.6 is 11.6 Å². The van der Waals surface area contributed by atoms with Crippen molar-refractivity contribution in [2.45, 2.75) is 31.9 Å². The molecule has 23 heavy (non-hydrogen) atoms. The number of hydrogen-bond donors (Lipinski definition) is 1. The molecule has 7 heteroatoms. The van der Waals surface area contributed by atoms with Crippen LogP contribution in [0, 0.1) is 5.41 Å². The Balaban J connectivity index is 1.53. The van der Waals surface area contributed by atoms with Crippen LogP contribution in [-0.2, 0) is 4.74 Å². The Hall–Kier alpha value is -1.50. The van der Waals surface area contributed by atoms with Gasteiger partial charge in [0.05, 0.1) is 18.9 Å². The number of hydrogen-bond acceptors (Lipinski definition) is 6. The SMILES string of the molecule is C[C@@H]1OCC2(CCN(c3cnc4nc(Cl)ccc4n3)CC2)[C@@H]1N. The molecule has 2 aliphatic heterocycles. The molecule has 2 fully saturated rings. The number of fused-ring (bicyclic) bond motifs is 1. The Morgan fingerprint density at radius 2 is 2.09 bits per heavy atom. The van der Waals surface area contributed by atoms with Gasteiger partial charge in [0.2, 0.25) is 0 Å². The van der Waals surface area contributed by atoms with Crippen molar-refractivity contribution in [1.82, 2.24) is 15.0 Å². The standard InChI is InChI=1S/C16H20ClN5O/c1-10-14(18)16(9-23-10)4-6-22(7-5-16)13-8-19-15-11(20-13)2-3-12(17)21-15/h2-3,8,10,14H,4-7,9,18H2,1H3/t10-,14+/m0/s1. The fourth-order valence-electron chi connectivity index (χ4n) is 3.68. The number of ether oxygens (including phenoxy) is 1. The van der Waals surface area contributed by atoms with Crippen molar-refractivity contribution in [3.8, 4) is 0 Å². The van der Waals surface area contributed by atoms with E-state index in [9.17, 15) is 0 Å². The van der Waals surface area contributed by atoms with Crippen LogP contribution in [0.1, 0.15) is 19.8 Å². The molecule has 122 valence electrons. The van der Waals surface area contributed by atoms with Crippen LogP contribution < -0.4 is 10.6 Å². The Labute approximate surface area is 140 Å². The largest absolute Gasteiger partial charge is 0.376 e. The van der Waals surface area contributed by atoms with Gasteiger partial charge in [-0.2, -0.15) is 0 Å². The van der Waals surface area contributed by atoms with Crippen LogP contribution in [0.25, 0.3) is 11.2 Å². The van der Waals surface area contributed by atoms with E-state index in [4.69, 9.17) is 22.1 Å². The first kappa shape index (κ1) is 15.1. The molecular weight excluding hydrogens is 314 g/mol. The summed E-state index contributed by atoms with van der Waals surface area (Å²) in [4.78, 5) is 15.5. The third-order valence-corrected chi connectivity index (χ3v) is 5.50. The van der Waals surface area contributed by atoms with Crippen LogP contribution in [0.5, 0.6) is 0 Å². The zero-order valence-electron chi connectivity index (χ0n) is 13.1. The Morgan fingerprint density at radius 3 is 2.78 bits per heavy atom. The second kappa shape index (κ2) is 5.54. The number of piperidine rings is 1. The topological polar surface area (TPSA) is 77.2 Å². The van der Waals surface area contributed by atoms with Gasteiger partial charge in [-0.25, -0.2) is 15.0 Å². The van der Waals surface area contributed by atoms with Gasteiger partial charge in [0.25, 0.3) is 0 Å². The van der Waals surface area contributed by atoms with Gasteiger partial charge in [-0.1, -0.05) is 11.6 Å². The van der Waals surface area contributed by atoms with Crippen molar-refractivity contribution < 1.29 is 4.74 Å². The van der Waals surface area contributed by atoms with Gasteiger partial charge < -0.3 is 15.4 Å². The lowest BCUT2D eigenvalue weighted by Gasteiger charge is -2.41. The van der Waals surface area contributed by atoms with Gasteiger partial charge in [0, 0.05) is 24.5 Å². The van der Waals surface area contributed by atoms with E-state index in [1.807, 2.05) is 6.07 Å². The molecule has 0 aromatic carbocycles. The monoisotopic (exact) mass is 333 g/mol. The Morgan fingerprint density at radius 1 is 1.30 bits per heavy atom. The van der Waals surface area contributed by atoms with E-state index in [-0.39, 0.29) is 17.6 Å². The fourth-order valence-corrected chi connectivity index (χ4v) is 3.82. The number of aromatic nitrogens is 3. The van der Waals surface area contributed by atoms with Crippen molar-refractivity contribution in [3.05, 3.63) is 23.5 Å². The smallest absolute Gasteiger partial charge is 0.179 e. The van der Waals surface area contributed by atoms with Gasteiger partial charge in [-0.15, -0.1) is 0 Å². The molecule has 4 heterocycles. The zero-order valence-corrected chi connectivity index (χ0v) is 13.8. The Kier molecular flexibility index (Phi) is 3.63. The lowest BCUT2D eigenvalue weighted by atomic mass is 9.73. The van der Waals surface area contributed by atoms with Crippen molar-refractivity contribution >= 4 is 28.6 Å². The summed E-state index contributed by atoms with van der Waals surface area (Å²) in [6.07, 6.45) is 3.98. The molecule has 2 aromatic rings. The molecule has 0 bridgehead atoms. The van der Waals surface area contributed by atoms with Gasteiger partial charge in [0.1, 0.15) is 16.5 Å². The Bertz CT molecular complexity index is 731. The molecule has 0 radical (unpaired) electrons. The molecule has 6 nitrogen and oxygen atoms in total. The van der Waals surface area contributed by atoms with E-state index in [1.54, 1.807) is 12.3 Å². The summed E-state index contributed by atoms with van der Waals surface area (Å²) in [7, 11) is 0. The first-order chi connectivity index (χ1) is 11.1. The third-order valence-electron chi connectivity index (χ3n) is 5.29. The molecule has 0 amide bonds. The second-order valence-corrected chi connectivity index (χ2v) is 6.98. The molecule has 0 unspecified atom stereocenters. The fraction of sp³-hybridized carbons (Fsp3) is 0.562. The van der Waals surface area contributed by atoms with Crippen LogP contribution in [0.2, 0.25) is 5.15 Å². The maximum absolute atomic E-state index is 6.37. The average Bonchev–Trinajstić information content (AvgIpc) is 2.84. The highest BCUT2D eigenvalue weighted by Gasteiger charge is 2.47. The number of rotatable bonds is 1. The predicted octanol–water partition coefficient (Wildman–Crippen LogP) is 2.01. The molecule has 2 aliphatic rings. The summed E-state index contributed by atoms with van der Waals surface area (Å²) >= 11 is 5.89. The van der Waals surface area contributed by atoms with Gasteiger partial charge in [-0.05, 0) is 31.9 Å². The summed E-state index contributed by atoms with van der Waals surface area (Å²) in [6.45, 7) is 4.68. The minimum absolute atomic E-state index is 0.120. The minimum Gasteiger partial charge on any atom is -0.376 e. The van der Waals surface area contributed by atoms with E-state index < -0.39 is 0 Å². The first-order valence-electron chi connectivity index (χ1n) is 7.99. The third kappa shape index (κ3) is 2.55. The number of anilines is 1. The van der Waals surface area contributed by atoms with E-state index in [2.05, 4.69) is 26.8 Å². The van der Waals surface area contributed by atoms with Crippen molar-refractivity contribution in [1.29, 1.82) is 0 Å². The average molecular weight is 334 g/mol. The number of pyridine rings is 1. The molecule has 2 N–H and O–H groups in total. The van der Waals surface area contributed by atoms with E-state index >= 15 is 0 Å².